The van der Waals surface area contributed by atoms with E-state index in [1.807, 2.05) is 11.3 Å². The summed E-state index contributed by atoms with van der Waals surface area (Å²) in [6, 6.07) is 6.93. The second-order valence-electron chi connectivity index (χ2n) is 6.31. The molecule has 3 heterocycles. The van der Waals surface area contributed by atoms with Gasteiger partial charge in [-0.05, 0) is 49.9 Å². The highest BCUT2D eigenvalue weighted by Crippen LogP contribution is 2.49. The second kappa shape index (κ2) is 5.00. The van der Waals surface area contributed by atoms with Crippen molar-refractivity contribution < 1.29 is 9.84 Å². The van der Waals surface area contributed by atoms with E-state index < -0.39 is 0 Å². The number of benzene rings is 1. The van der Waals surface area contributed by atoms with Gasteiger partial charge >= 0.3 is 0 Å². The normalized spacial score (nSPS) is 23.6. The van der Waals surface area contributed by atoms with E-state index in [4.69, 9.17) is 4.74 Å². The van der Waals surface area contributed by atoms with Gasteiger partial charge in [-0.25, -0.2) is 0 Å². The maximum atomic E-state index is 10.1. The fourth-order valence-corrected chi connectivity index (χ4v) is 5.25. The van der Waals surface area contributed by atoms with Crippen LogP contribution in [0, 0.1) is 6.92 Å². The molecule has 1 unspecified atom stereocenters. The highest BCUT2D eigenvalue weighted by Gasteiger charge is 2.38. The lowest BCUT2D eigenvalue weighted by Gasteiger charge is -2.45. The second-order valence-corrected chi connectivity index (χ2v) is 7.65. The van der Waals surface area contributed by atoms with Crippen molar-refractivity contribution in [1.29, 1.82) is 0 Å². The minimum Gasteiger partial charge on any atom is -0.504 e. The van der Waals surface area contributed by atoms with Crippen LogP contribution >= 0.6 is 11.3 Å². The summed E-state index contributed by atoms with van der Waals surface area (Å²) in [6.45, 7) is 5.52. The maximum Gasteiger partial charge on any atom is 0.165 e. The summed E-state index contributed by atoms with van der Waals surface area (Å²) < 4.78 is 5.49. The van der Waals surface area contributed by atoms with Gasteiger partial charge in [0.25, 0.3) is 0 Å². The Hall–Kier alpha value is -1.52. The number of fused-ring (bicyclic) bond motifs is 4. The van der Waals surface area contributed by atoms with Gasteiger partial charge < -0.3 is 9.84 Å². The van der Waals surface area contributed by atoms with Gasteiger partial charge in [0, 0.05) is 33.9 Å². The summed E-state index contributed by atoms with van der Waals surface area (Å²) in [6.07, 6.45) is 2.13. The first kappa shape index (κ1) is 14.1. The first-order valence-corrected chi connectivity index (χ1v) is 8.65. The highest BCUT2D eigenvalue weighted by atomic mass is 32.1. The number of methoxy groups -OCH3 is 1. The number of aromatic hydroxyl groups is 1. The number of rotatable bonds is 1. The third kappa shape index (κ3) is 1.90. The standard InChI is InChI=1S/C18H21NO2S/c1-10-8-13-14-9-12-4-5-15(20)18(21-3)17(12)11(2)19(14)7-6-16(13)22-10/h4-5,8,11,14,20H,6-7,9H2,1-3H3/t11-,14?/m0/s1. The molecule has 4 heteroatoms. The summed E-state index contributed by atoms with van der Waals surface area (Å²) in [7, 11) is 1.64. The predicted octanol–water partition coefficient (Wildman–Crippen LogP) is 3.99. The Morgan fingerprint density at radius 1 is 1.36 bits per heavy atom. The zero-order valence-electron chi connectivity index (χ0n) is 13.2. The molecule has 0 radical (unpaired) electrons. The number of aryl methyl sites for hydroxylation is 1. The summed E-state index contributed by atoms with van der Waals surface area (Å²) in [5, 5.41) is 10.1. The lowest BCUT2D eigenvalue weighted by Crippen LogP contribution is -2.41. The van der Waals surface area contributed by atoms with Crippen LogP contribution in [0.25, 0.3) is 0 Å². The van der Waals surface area contributed by atoms with Gasteiger partial charge in [-0.2, -0.15) is 0 Å². The Morgan fingerprint density at radius 2 is 2.18 bits per heavy atom. The number of hydrogen-bond acceptors (Lipinski definition) is 4. The fraction of sp³-hybridized carbons (Fsp3) is 0.444. The first-order valence-electron chi connectivity index (χ1n) is 7.83. The van der Waals surface area contributed by atoms with Crippen LogP contribution in [0.3, 0.4) is 0 Å². The molecule has 0 spiro atoms. The molecular formula is C18H21NO2S. The molecule has 116 valence electrons. The van der Waals surface area contributed by atoms with E-state index in [1.165, 1.54) is 16.0 Å². The van der Waals surface area contributed by atoms with Crippen LogP contribution in [-0.2, 0) is 12.8 Å². The smallest absolute Gasteiger partial charge is 0.165 e. The molecule has 0 fully saturated rings. The molecule has 22 heavy (non-hydrogen) atoms. The molecule has 1 N–H and O–H groups in total. The van der Waals surface area contributed by atoms with E-state index in [2.05, 4.69) is 30.9 Å². The molecule has 0 saturated heterocycles. The summed E-state index contributed by atoms with van der Waals surface area (Å²) in [5.74, 6) is 0.895. The number of thiophene rings is 1. The molecule has 0 aliphatic carbocycles. The van der Waals surface area contributed by atoms with Crippen molar-refractivity contribution in [1.82, 2.24) is 4.90 Å². The molecule has 2 aliphatic heterocycles. The van der Waals surface area contributed by atoms with E-state index in [0.29, 0.717) is 11.8 Å². The molecule has 0 bridgehead atoms. The van der Waals surface area contributed by atoms with Gasteiger partial charge in [-0.15, -0.1) is 11.3 Å². The van der Waals surface area contributed by atoms with Crippen molar-refractivity contribution in [2.45, 2.75) is 38.8 Å². The average Bonchev–Trinajstić information content (AvgIpc) is 2.88. The number of ether oxygens (including phenoxy) is 1. The fourth-order valence-electron chi connectivity index (χ4n) is 4.17. The Kier molecular flexibility index (Phi) is 3.20. The van der Waals surface area contributed by atoms with Crippen molar-refractivity contribution in [3.63, 3.8) is 0 Å². The van der Waals surface area contributed by atoms with Crippen molar-refractivity contribution in [3.8, 4) is 11.5 Å². The van der Waals surface area contributed by atoms with Crippen LogP contribution in [0.15, 0.2) is 18.2 Å². The van der Waals surface area contributed by atoms with Crippen molar-refractivity contribution in [2.24, 2.45) is 0 Å². The van der Waals surface area contributed by atoms with Gasteiger partial charge in [0.05, 0.1) is 7.11 Å². The average molecular weight is 315 g/mol. The molecule has 4 rings (SSSR count). The minimum atomic E-state index is 0.246. The third-order valence-corrected chi connectivity index (χ3v) is 6.25. The number of phenols is 1. The quantitative estimate of drug-likeness (QED) is 0.864. The SMILES string of the molecule is COc1c(O)ccc2c1[C@H](C)N1CCc3sc(C)cc3C1C2. The van der Waals surface area contributed by atoms with Gasteiger partial charge in [-0.3, -0.25) is 4.90 Å². The molecule has 2 atom stereocenters. The van der Waals surface area contributed by atoms with Crippen LogP contribution in [0.2, 0.25) is 0 Å². The zero-order chi connectivity index (χ0) is 15.4. The minimum absolute atomic E-state index is 0.246. The molecule has 0 saturated carbocycles. The Morgan fingerprint density at radius 3 is 2.95 bits per heavy atom. The zero-order valence-corrected chi connectivity index (χ0v) is 14.0. The van der Waals surface area contributed by atoms with Gasteiger partial charge in [0.15, 0.2) is 11.5 Å². The molecule has 1 aromatic carbocycles. The Labute approximate surface area is 135 Å². The van der Waals surface area contributed by atoms with Crippen LogP contribution in [0.1, 0.15) is 45.5 Å². The third-order valence-electron chi connectivity index (χ3n) is 5.12. The summed E-state index contributed by atoms with van der Waals surface area (Å²) >= 11 is 1.95. The molecule has 2 aliphatic rings. The maximum absolute atomic E-state index is 10.1. The summed E-state index contributed by atoms with van der Waals surface area (Å²) in [5.41, 5.74) is 3.98. The first-order chi connectivity index (χ1) is 10.6. The van der Waals surface area contributed by atoms with E-state index in [-0.39, 0.29) is 11.8 Å². The van der Waals surface area contributed by atoms with Gasteiger partial charge in [0.1, 0.15) is 0 Å². The largest absolute Gasteiger partial charge is 0.504 e. The van der Waals surface area contributed by atoms with Crippen LogP contribution in [0.4, 0.5) is 0 Å². The van der Waals surface area contributed by atoms with Crippen molar-refractivity contribution in [3.05, 3.63) is 44.6 Å². The molecule has 3 nitrogen and oxygen atoms in total. The Balaban J connectivity index is 1.84. The molecular weight excluding hydrogens is 294 g/mol. The Bertz CT molecular complexity index is 737. The van der Waals surface area contributed by atoms with Gasteiger partial charge in [0.2, 0.25) is 0 Å². The molecule has 2 aromatic rings. The van der Waals surface area contributed by atoms with Crippen molar-refractivity contribution >= 4 is 11.3 Å². The summed E-state index contributed by atoms with van der Waals surface area (Å²) in [4.78, 5) is 5.53. The molecule has 0 amide bonds. The number of hydrogen-bond donors (Lipinski definition) is 1. The lowest BCUT2D eigenvalue weighted by atomic mass is 9.83. The predicted molar refractivity (Wildman–Crippen MR) is 89.0 cm³/mol. The van der Waals surface area contributed by atoms with E-state index >= 15 is 0 Å². The van der Waals surface area contributed by atoms with Crippen LogP contribution < -0.4 is 4.74 Å². The van der Waals surface area contributed by atoms with Crippen molar-refractivity contribution in [2.75, 3.05) is 13.7 Å². The van der Waals surface area contributed by atoms with Crippen LogP contribution in [0.5, 0.6) is 11.5 Å². The molecule has 1 aromatic heterocycles. The van der Waals surface area contributed by atoms with E-state index in [1.54, 1.807) is 18.1 Å². The topological polar surface area (TPSA) is 32.7 Å². The lowest BCUT2D eigenvalue weighted by molar-refractivity contribution is 0.116. The van der Waals surface area contributed by atoms with Crippen LogP contribution in [-0.4, -0.2) is 23.7 Å². The number of nitrogens with zero attached hydrogens (tertiary/aromatic N) is 1. The van der Waals surface area contributed by atoms with E-state index in [0.717, 1.165) is 24.9 Å². The number of phenolic OH excluding ortho intramolecular Hbond substituents is 1. The van der Waals surface area contributed by atoms with Gasteiger partial charge in [-0.1, -0.05) is 6.07 Å². The monoisotopic (exact) mass is 315 g/mol. The van der Waals surface area contributed by atoms with E-state index in [9.17, 15) is 5.11 Å². The highest BCUT2D eigenvalue weighted by molar-refractivity contribution is 7.12.